The van der Waals surface area contributed by atoms with E-state index in [0.717, 1.165) is 11.8 Å². The van der Waals surface area contributed by atoms with E-state index >= 15 is 0 Å². The van der Waals surface area contributed by atoms with Gasteiger partial charge in [-0.2, -0.15) is 4.99 Å². The Morgan fingerprint density at radius 1 is 1.12 bits per heavy atom. The van der Waals surface area contributed by atoms with Crippen molar-refractivity contribution in [3.63, 3.8) is 0 Å². The summed E-state index contributed by atoms with van der Waals surface area (Å²) in [5.74, 6) is -2.40. The minimum Gasteiger partial charge on any atom is -0.550 e. The maximum atomic E-state index is 12.7. The molecule has 2 aromatic carbocycles. The first-order chi connectivity index (χ1) is 12.5. The zero-order valence-corrected chi connectivity index (χ0v) is 14.9. The second-order valence-electron chi connectivity index (χ2n) is 5.37. The number of hydrogen-bond acceptors (Lipinski definition) is 5. The Labute approximate surface area is 158 Å². The SMILES string of the molecule is O=C([O-])C[C@H]1SC(=NC(=O)c2ccccc2)N(c2ccccc2Cl)C1=O. The first kappa shape index (κ1) is 18.2. The molecule has 0 aromatic heterocycles. The Morgan fingerprint density at radius 3 is 2.42 bits per heavy atom. The third-order valence-corrected chi connectivity index (χ3v) is 5.06. The number of benzene rings is 2. The van der Waals surface area contributed by atoms with Gasteiger partial charge in [-0.3, -0.25) is 14.5 Å². The second-order valence-corrected chi connectivity index (χ2v) is 6.95. The fourth-order valence-corrected chi connectivity index (χ4v) is 3.74. The van der Waals surface area contributed by atoms with Crippen LogP contribution in [-0.2, 0) is 9.59 Å². The molecule has 6 nitrogen and oxygen atoms in total. The molecule has 2 amide bonds. The number of carbonyl (C=O) groups is 3. The van der Waals surface area contributed by atoms with Crippen LogP contribution in [0.3, 0.4) is 0 Å². The van der Waals surface area contributed by atoms with Crippen molar-refractivity contribution in [1.82, 2.24) is 0 Å². The topological polar surface area (TPSA) is 89.9 Å². The molecule has 1 aliphatic heterocycles. The molecule has 1 heterocycles. The molecule has 3 rings (SSSR count). The number of halogens is 1. The summed E-state index contributed by atoms with van der Waals surface area (Å²) in [4.78, 5) is 41.2. The third-order valence-electron chi connectivity index (χ3n) is 3.60. The van der Waals surface area contributed by atoms with E-state index < -0.39 is 29.5 Å². The fraction of sp³-hybridized carbons (Fsp3) is 0.111. The number of nitrogens with zero attached hydrogens (tertiary/aromatic N) is 2. The van der Waals surface area contributed by atoms with Crippen LogP contribution in [0.4, 0.5) is 5.69 Å². The number of amides is 2. The van der Waals surface area contributed by atoms with E-state index in [1.54, 1.807) is 54.6 Å². The molecule has 0 bridgehead atoms. The Morgan fingerprint density at radius 2 is 1.77 bits per heavy atom. The van der Waals surface area contributed by atoms with Gasteiger partial charge >= 0.3 is 0 Å². The summed E-state index contributed by atoms with van der Waals surface area (Å²) in [5.41, 5.74) is 0.697. The van der Waals surface area contributed by atoms with Crippen molar-refractivity contribution in [2.75, 3.05) is 4.90 Å². The predicted molar refractivity (Wildman–Crippen MR) is 98.1 cm³/mol. The molecule has 2 aromatic rings. The average molecular weight is 388 g/mol. The molecular weight excluding hydrogens is 376 g/mol. The van der Waals surface area contributed by atoms with E-state index in [-0.39, 0.29) is 10.2 Å². The summed E-state index contributed by atoms with van der Waals surface area (Å²) in [6.45, 7) is 0. The number of thioether (sulfide) groups is 1. The van der Waals surface area contributed by atoms with E-state index in [2.05, 4.69) is 4.99 Å². The first-order valence-electron chi connectivity index (χ1n) is 7.60. The minimum absolute atomic E-state index is 0.0863. The van der Waals surface area contributed by atoms with Crippen LogP contribution in [0.15, 0.2) is 59.6 Å². The summed E-state index contributed by atoms with van der Waals surface area (Å²) < 4.78 is 0. The molecule has 1 atom stereocenters. The molecule has 1 fully saturated rings. The van der Waals surface area contributed by atoms with Gasteiger partial charge < -0.3 is 9.90 Å². The molecule has 1 saturated heterocycles. The summed E-state index contributed by atoms with van der Waals surface area (Å²) in [7, 11) is 0. The number of para-hydroxylation sites is 1. The van der Waals surface area contributed by atoms with Crippen molar-refractivity contribution in [2.24, 2.45) is 4.99 Å². The van der Waals surface area contributed by atoms with Crippen molar-refractivity contribution in [1.29, 1.82) is 0 Å². The average Bonchev–Trinajstić information content (AvgIpc) is 2.91. The van der Waals surface area contributed by atoms with Crippen molar-refractivity contribution in [3.05, 3.63) is 65.2 Å². The van der Waals surface area contributed by atoms with Crippen molar-refractivity contribution in [3.8, 4) is 0 Å². The molecule has 0 saturated carbocycles. The van der Waals surface area contributed by atoms with E-state index in [1.165, 1.54) is 4.90 Å². The van der Waals surface area contributed by atoms with Gasteiger partial charge in [0, 0.05) is 18.0 Å². The van der Waals surface area contributed by atoms with Crippen LogP contribution in [0.25, 0.3) is 0 Å². The number of amidine groups is 1. The number of carboxylic acids is 1. The Bertz CT molecular complexity index is 901. The lowest BCUT2D eigenvalue weighted by molar-refractivity contribution is -0.305. The highest BCUT2D eigenvalue weighted by molar-refractivity contribution is 8.16. The van der Waals surface area contributed by atoms with Crippen LogP contribution in [0, 0.1) is 0 Å². The number of hydrogen-bond donors (Lipinski definition) is 0. The number of carbonyl (C=O) groups excluding carboxylic acids is 3. The fourth-order valence-electron chi connectivity index (χ4n) is 2.41. The lowest BCUT2D eigenvalue weighted by atomic mass is 10.2. The highest BCUT2D eigenvalue weighted by Gasteiger charge is 2.40. The Hall–Kier alpha value is -2.64. The van der Waals surface area contributed by atoms with E-state index in [0.29, 0.717) is 11.3 Å². The quantitative estimate of drug-likeness (QED) is 0.801. The van der Waals surface area contributed by atoms with Gasteiger partial charge in [0.15, 0.2) is 5.17 Å². The van der Waals surface area contributed by atoms with Gasteiger partial charge in [-0.15, -0.1) is 0 Å². The van der Waals surface area contributed by atoms with Crippen LogP contribution in [0.5, 0.6) is 0 Å². The van der Waals surface area contributed by atoms with Crippen LogP contribution in [0.1, 0.15) is 16.8 Å². The molecule has 132 valence electrons. The second kappa shape index (κ2) is 7.72. The van der Waals surface area contributed by atoms with Gasteiger partial charge in [-0.1, -0.05) is 53.7 Å². The summed E-state index contributed by atoms with van der Waals surface area (Å²) in [6.07, 6.45) is -0.483. The maximum Gasteiger partial charge on any atom is 0.279 e. The van der Waals surface area contributed by atoms with Crippen molar-refractivity contribution >= 4 is 52.0 Å². The van der Waals surface area contributed by atoms with E-state index in [4.69, 9.17) is 11.6 Å². The van der Waals surface area contributed by atoms with E-state index in [9.17, 15) is 19.5 Å². The standard InChI is InChI=1S/C18H13ClN2O4S/c19-12-8-4-5-9-13(12)21-17(25)14(10-15(22)23)26-18(21)20-16(24)11-6-2-1-3-7-11/h1-9,14H,10H2,(H,22,23)/p-1/t14-/m1/s1. The van der Waals surface area contributed by atoms with Crippen LogP contribution in [0.2, 0.25) is 5.02 Å². The lowest BCUT2D eigenvalue weighted by Gasteiger charge is -2.17. The number of rotatable bonds is 4. The molecule has 0 spiro atoms. The molecule has 0 aliphatic carbocycles. The van der Waals surface area contributed by atoms with Gasteiger partial charge in [0.2, 0.25) is 5.91 Å². The van der Waals surface area contributed by atoms with Gasteiger partial charge in [0.05, 0.1) is 16.0 Å². The van der Waals surface area contributed by atoms with Crippen molar-refractivity contribution < 1.29 is 19.5 Å². The van der Waals surface area contributed by atoms with Gasteiger partial charge in [-0.25, -0.2) is 0 Å². The van der Waals surface area contributed by atoms with Gasteiger partial charge in [0.1, 0.15) is 0 Å². The van der Waals surface area contributed by atoms with Gasteiger partial charge in [-0.05, 0) is 24.3 Å². The first-order valence-corrected chi connectivity index (χ1v) is 8.86. The predicted octanol–water partition coefficient (Wildman–Crippen LogP) is 2.12. The Kier molecular flexibility index (Phi) is 5.39. The number of aliphatic imine (C=N–C) groups is 1. The maximum absolute atomic E-state index is 12.7. The van der Waals surface area contributed by atoms with Crippen molar-refractivity contribution in [2.45, 2.75) is 11.7 Å². The van der Waals surface area contributed by atoms with Crippen LogP contribution < -0.4 is 10.0 Å². The molecule has 0 unspecified atom stereocenters. The lowest BCUT2D eigenvalue weighted by Crippen LogP contribution is -2.35. The zero-order chi connectivity index (χ0) is 18.7. The van der Waals surface area contributed by atoms with Crippen LogP contribution >= 0.6 is 23.4 Å². The third kappa shape index (κ3) is 3.79. The highest BCUT2D eigenvalue weighted by Crippen LogP contribution is 2.37. The van der Waals surface area contributed by atoms with E-state index in [1.807, 2.05) is 0 Å². The monoisotopic (exact) mass is 387 g/mol. The molecule has 8 heteroatoms. The van der Waals surface area contributed by atoms with Crippen LogP contribution in [-0.4, -0.2) is 28.2 Å². The molecule has 1 aliphatic rings. The normalized spacial score (nSPS) is 18.3. The summed E-state index contributed by atoms with van der Waals surface area (Å²) in [5, 5.41) is 10.4. The Balaban J connectivity index is 2.01. The number of aliphatic carboxylic acids is 1. The molecule has 26 heavy (non-hydrogen) atoms. The molecule has 0 radical (unpaired) electrons. The summed E-state index contributed by atoms with van der Waals surface area (Å²) >= 11 is 7.08. The largest absolute Gasteiger partial charge is 0.550 e. The molecular formula is C18H12ClN2O4S-. The minimum atomic E-state index is -1.36. The summed E-state index contributed by atoms with van der Waals surface area (Å²) in [6, 6.07) is 15.0. The van der Waals surface area contributed by atoms with Gasteiger partial charge in [0.25, 0.3) is 5.91 Å². The zero-order valence-electron chi connectivity index (χ0n) is 13.3. The smallest absolute Gasteiger partial charge is 0.279 e. The highest BCUT2D eigenvalue weighted by atomic mass is 35.5. The molecule has 0 N–H and O–H groups in total. The number of anilines is 1. The number of carboxylic acid groups (broad SMARTS) is 1.